The summed E-state index contributed by atoms with van der Waals surface area (Å²) >= 11 is 0. The smallest absolute Gasteiger partial charge is 0.249 e. The van der Waals surface area contributed by atoms with Gasteiger partial charge in [-0.05, 0) is 56.2 Å². The third-order valence-corrected chi connectivity index (χ3v) is 6.24. The minimum Gasteiger partial charge on any atom is -0.497 e. The second kappa shape index (κ2) is 7.57. The van der Waals surface area contributed by atoms with Gasteiger partial charge in [0.15, 0.2) is 0 Å². The van der Waals surface area contributed by atoms with Crippen LogP contribution in [0.15, 0.2) is 24.3 Å². The lowest BCUT2D eigenvalue weighted by atomic mass is 9.93. The van der Waals surface area contributed by atoms with Crippen LogP contribution in [0.25, 0.3) is 0 Å². The van der Waals surface area contributed by atoms with E-state index in [2.05, 4.69) is 34.5 Å². The average Bonchev–Trinajstić information content (AvgIpc) is 3.24. The number of likely N-dealkylation sites (tertiary alicyclic amines) is 1. The van der Waals surface area contributed by atoms with Gasteiger partial charge in [0.2, 0.25) is 5.91 Å². The quantitative estimate of drug-likeness (QED) is 0.849. The highest BCUT2D eigenvalue weighted by molar-refractivity contribution is 5.81. The molecule has 5 nitrogen and oxygen atoms in total. The number of carbonyl (C=O) groups excluding carboxylic acids is 1. The lowest BCUT2D eigenvalue weighted by Crippen LogP contribution is -2.48. The van der Waals surface area contributed by atoms with Crippen LogP contribution in [0.3, 0.4) is 0 Å². The van der Waals surface area contributed by atoms with Gasteiger partial charge in [0.05, 0.1) is 7.11 Å². The zero-order valence-electron chi connectivity index (χ0n) is 15.7. The van der Waals surface area contributed by atoms with E-state index in [1.807, 2.05) is 0 Å². The average molecular weight is 358 g/mol. The number of nitrogens with zero attached hydrogens (tertiary/aromatic N) is 1. The van der Waals surface area contributed by atoms with Gasteiger partial charge >= 0.3 is 0 Å². The Balaban J connectivity index is 1.26. The van der Waals surface area contributed by atoms with Crippen molar-refractivity contribution >= 4 is 5.91 Å². The Hall–Kier alpha value is -1.59. The lowest BCUT2D eigenvalue weighted by Gasteiger charge is -2.35. The number of methoxy groups -OCH3 is 1. The van der Waals surface area contributed by atoms with Crippen molar-refractivity contribution in [2.75, 3.05) is 33.4 Å². The van der Waals surface area contributed by atoms with Crippen molar-refractivity contribution in [1.29, 1.82) is 0 Å². The molecule has 0 aromatic heterocycles. The van der Waals surface area contributed by atoms with Gasteiger partial charge in [-0.3, -0.25) is 4.79 Å². The molecule has 2 heterocycles. The molecular weight excluding hydrogens is 328 g/mol. The van der Waals surface area contributed by atoms with Crippen LogP contribution in [-0.4, -0.2) is 56.3 Å². The largest absolute Gasteiger partial charge is 0.497 e. The number of benzene rings is 1. The summed E-state index contributed by atoms with van der Waals surface area (Å²) in [4.78, 5) is 14.8. The zero-order chi connectivity index (χ0) is 18.0. The van der Waals surface area contributed by atoms with Crippen molar-refractivity contribution in [3.8, 4) is 5.75 Å². The molecule has 2 saturated heterocycles. The van der Waals surface area contributed by atoms with Crippen LogP contribution >= 0.6 is 0 Å². The first-order valence-electron chi connectivity index (χ1n) is 9.97. The molecule has 1 N–H and O–H groups in total. The van der Waals surface area contributed by atoms with Crippen molar-refractivity contribution in [2.24, 2.45) is 0 Å². The number of hydrogen-bond donors (Lipinski definition) is 1. The molecule has 26 heavy (non-hydrogen) atoms. The summed E-state index contributed by atoms with van der Waals surface area (Å²) in [7, 11) is 1.71. The molecule has 0 unspecified atom stereocenters. The molecule has 1 amide bonds. The van der Waals surface area contributed by atoms with E-state index in [0.29, 0.717) is 11.5 Å². The van der Waals surface area contributed by atoms with Crippen LogP contribution in [0.4, 0.5) is 0 Å². The third-order valence-electron chi connectivity index (χ3n) is 6.24. The molecule has 5 heteroatoms. The van der Waals surface area contributed by atoms with Gasteiger partial charge in [-0.1, -0.05) is 12.1 Å². The van der Waals surface area contributed by atoms with Crippen LogP contribution in [-0.2, 0) is 14.9 Å². The van der Waals surface area contributed by atoms with Gasteiger partial charge in [0, 0.05) is 37.7 Å². The van der Waals surface area contributed by atoms with Gasteiger partial charge in [0.1, 0.15) is 11.9 Å². The first-order chi connectivity index (χ1) is 12.7. The van der Waals surface area contributed by atoms with E-state index in [0.717, 1.165) is 57.7 Å². The summed E-state index contributed by atoms with van der Waals surface area (Å²) in [5, 5.41) is 3.20. The summed E-state index contributed by atoms with van der Waals surface area (Å²) in [5.74, 6) is 1.02. The minimum atomic E-state index is -0.210. The molecule has 1 aliphatic carbocycles. The highest BCUT2D eigenvalue weighted by atomic mass is 16.5. The number of piperidine rings is 1. The van der Waals surface area contributed by atoms with Gasteiger partial charge in [-0.2, -0.15) is 0 Å². The second-order valence-electron chi connectivity index (χ2n) is 8.07. The highest BCUT2D eigenvalue weighted by Crippen LogP contribution is 2.49. The number of hydrogen-bond acceptors (Lipinski definition) is 4. The number of ether oxygens (including phenoxy) is 2. The number of amides is 1. The predicted molar refractivity (Wildman–Crippen MR) is 100 cm³/mol. The fourth-order valence-corrected chi connectivity index (χ4v) is 4.38. The number of carbonyl (C=O) groups is 1. The van der Waals surface area contributed by atoms with Gasteiger partial charge < -0.3 is 19.7 Å². The Morgan fingerprint density at radius 3 is 2.54 bits per heavy atom. The molecule has 1 aromatic rings. The third kappa shape index (κ3) is 3.89. The molecular formula is C21H30N2O3. The molecule has 3 fully saturated rings. The Kier molecular flexibility index (Phi) is 5.18. The Morgan fingerprint density at radius 2 is 1.96 bits per heavy atom. The second-order valence-corrected chi connectivity index (χ2v) is 8.07. The zero-order valence-corrected chi connectivity index (χ0v) is 15.7. The van der Waals surface area contributed by atoms with Crippen LogP contribution in [0.5, 0.6) is 5.75 Å². The van der Waals surface area contributed by atoms with E-state index in [1.54, 1.807) is 7.11 Å². The fourth-order valence-electron chi connectivity index (χ4n) is 4.38. The highest BCUT2D eigenvalue weighted by Gasteiger charge is 2.45. The monoisotopic (exact) mass is 358 g/mol. The SMILES string of the molecule is COc1ccc(C2(CN3CCC(NC(=O)[C@H]4CCCO4)CC3)CC2)cc1. The Bertz CT molecular complexity index is 613. The fraction of sp³-hybridized carbons (Fsp3) is 0.667. The maximum atomic E-state index is 12.2. The molecule has 1 atom stereocenters. The van der Waals surface area contributed by atoms with Gasteiger partial charge in [-0.25, -0.2) is 0 Å². The topological polar surface area (TPSA) is 50.8 Å². The molecule has 3 aliphatic rings. The molecule has 2 aliphatic heterocycles. The molecule has 142 valence electrons. The number of rotatable bonds is 6. The molecule has 1 aromatic carbocycles. The summed E-state index contributed by atoms with van der Waals surface area (Å²) in [6, 6.07) is 8.89. The molecule has 1 saturated carbocycles. The van der Waals surface area contributed by atoms with Crippen LogP contribution in [0.2, 0.25) is 0 Å². The van der Waals surface area contributed by atoms with Gasteiger partial charge in [0.25, 0.3) is 0 Å². The van der Waals surface area contributed by atoms with Crippen molar-refractivity contribution in [3.05, 3.63) is 29.8 Å². The van der Waals surface area contributed by atoms with Gasteiger partial charge in [-0.15, -0.1) is 0 Å². The van der Waals surface area contributed by atoms with E-state index >= 15 is 0 Å². The summed E-state index contributed by atoms with van der Waals surface area (Å²) in [5.41, 5.74) is 1.77. The minimum absolute atomic E-state index is 0.0952. The molecule has 4 rings (SSSR count). The summed E-state index contributed by atoms with van der Waals surface area (Å²) in [6.45, 7) is 3.98. The maximum absolute atomic E-state index is 12.2. The predicted octanol–water partition coefficient (Wildman–Crippen LogP) is 2.49. The number of nitrogens with one attached hydrogen (secondary N) is 1. The molecule has 0 bridgehead atoms. The van der Waals surface area contributed by atoms with Crippen molar-refractivity contribution in [3.63, 3.8) is 0 Å². The van der Waals surface area contributed by atoms with Crippen LogP contribution in [0, 0.1) is 0 Å². The summed E-state index contributed by atoms with van der Waals surface area (Å²) in [6.07, 6.45) is 6.29. The summed E-state index contributed by atoms with van der Waals surface area (Å²) < 4.78 is 10.8. The van der Waals surface area contributed by atoms with Crippen LogP contribution in [0.1, 0.15) is 44.1 Å². The van der Waals surface area contributed by atoms with E-state index < -0.39 is 0 Å². The lowest BCUT2D eigenvalue weighted by molar-refractivity contribution is -0.131. The van der Waals surface area contributed by atoms with E-state index in [-0.39, 0.29) is 12.0 Å². The maximum Gasteiger partial charge on any atom is 0.249 e. The van der Waals surface area contributed by atoms with Crippen molar-refractivity contribution < 1.29 is 14.3 Å². The van der Waals surface area contributed by atoms with E-state index in [1.165, 1.54) is 18.4 Å². The first-order valence-corrected chi connectivity index (χ1v) is 9.97. The normalized spacial score (nSPS) is 25.8. The Labute approximate surface area is 156 Å². The van der Waals surface area contributed by atoms with E-state index in [4.69, 9.17) is 9.47 Å². The first kappa shape index (κ1) is 17.8. The van der Waals surface area contributed by atoms with E-state index in [9.17, 15) is 4.79 Å². The standard InChI is InChI=1S/C21H30N2O3/c1-25-18-6-4-16(5-7-18)21(10-11-21)15-23-12-8-17(9-13-23)22-20(24)19-3-2-14-26-19/h4-7,17,19H,2-3,8-15H2,1H3,(H,22,24)/t19-/m1/s1. The molecule has 0 spiro atoms. The van der Waals surface area contributed by atoms with Crippen molar-refractivity contribution in [2.45, 2.75) is 56.1 Å². The van der Waals surface area contributed by atoms with Crippen molar-refractivity contribution in [1.82, 2.24) is 10.2 Å². The molecule has 0 radical (unpaired) electrons. The van der Waals surface area contributed by atoms with Crippen LogP contribution < -0.4 is 10.1 Å². The Morgan fingerprint density at radius 1 is 1.23 bits per heavy atom.